The maximum Gasteiger partial charge on any atom is 0.262 e. The van der Waals surface area contributed by atoms with Crippen molar-refractivity contribution in [1.82, 2.24) is 0 Å². The molecule has 0 aliphatic rings. The van der Waals surface area contributed by atoms with Crippen molar-refractivity contribution in [3.05, 3.63) is 53.3 Å². The van der Waals surface area contributed by atoms with E-state index in [-0.39, 0.29) is 16.1 Å². The number of aryl methyl sites for hydroxylation is 1. The quantitative estimate of drug-likeness (QED) is 0.851. The van der Waals surface area contributed by atoms with Crippen molar-refractivity contribution in [3.8, 4) is 6.07 Å². The van der Waals surface area contributed by atoms with Gasteiger partial charge in [0.05, 0.1) is 22.2 Å². The number of nitrogens with two attached hydrogens (primary N) is 1. The van der Waals surface area contributed by atoms with Gasteiger partial charge in [0, 0.05) is 5.69 Å². The van der Waals surface area contributed by atoms with Crippen molar-refractivity contribution in [3.63, 3.8) is 0 Å². The van der Waals surface area contributed by atoms with Crippen LogP contribution in [0.3, 0.4) is 0 Å². The summed E-state index contributed by atoms with van der Waals surface area (Å²) < 4.78 is 40.4. The maximum absolute atomic E-state index is 13.7. The molecule has 21 heavy (non-hydrogen) atoms. The van der Waals surface area contributed by atoms with Gasteiger partial charge in [0.1, 0.15) is 5.82 Å². The van der Waals surface area contributed by atoms with Crippen LogP contribution in [-0.4, -0.2) is 8.42 Å². The second kappa shape index (κ2) is 5.42. The minimum absolute atomic E-state index is 0.0143. The summed E-state index contributed by atoms with van der Waals surface area (Å²) in [6, 6.07) is 9.60. The van der Waals surface area contributed by atoms with Gasteiger partial charge in [-0.1, -0.05) is 0 Å². The normalized spacial score (nSPS) is 10.9. The number of halogens is 1. The van der Waals surface area contributed by atoms with Crippen molar-refractivity contribution in [2.24, 2.45) is 0 Å². The fraction of sp³-hybridized carbons (Fsp3) is 0.0714. The van der Waals surface area contributed by atoms with Gasteiger partial charge in [-0.2, -0.15) is 5.26 Å². The summed E-state index contributed by atoms with van der Waals surface area (Å²) in [6.45, 7) is 1.60. The van der Waals surface area contributed by atoms with Crippen molar-refractivity contribution in [2.75, 3.05) is 10.5 Å². The van der Waals surface area contributed by atoms with Gasteiger partial charge in [0.15, 0.2) is 0 Å². The molecule has 0 heterocycles. The van der Waals surface area contributed by atoms with Crippen LogP contribution in [0.15, 0.2) is 41.3 Å². The number of hydrogen-bond donors (Lipinski definition) is 2. The van der Waals surface area contributed by atoms with Crippen LogP contribution in [0, 0.1) is 24.1 Å². The number of nitrogens with one attached hydrogen (secondary N) is 1. The number of benzene rings is 2. The van der Waals surface area contributed by atoms with Crippen LogP contribution < -0.4 is 10.5 Å². The standard InChI is InChI=1S/C14H12FN3O2S/c1-9-6-11(17)3-5-14(9)21(19,20)18-13-4-2-10(8-16)7-12(13)15/h2-7,18H,17H2,1H3. The fourth-order valence-corrected chi connectivity index (χ4v) is 3.14. The molecular weight excluding hydrogens is 293 g/mol. The van der Waals surface area contributed by atoms with E-state index in [4.69, 9.17) is 11.0 Å². The molecule has 0 saturated heterocycles. The summed E-state index contributed by atoms with van der Waals surface area (Å²) in [4.78, 5) is 0.0143. The van der Waals surface area contributed by atoms with Gasteiger partial charge in [-0.15, -0.1) is 0 Å². The Morgan fingerprint density at radius 2 is 1.95 bits per heavy atom. The topological polar surface area (TPSA) is 96.0 Å². The second-order valence-corrected chi connectivity index (χ2v) is 6.09. The predicted octanol–water partition coefficient (Wildman–Crippen LogP) is 2.39. The van der Waals surface area contributed by atoms with E-state index in [1.165, 1.54) is 30.3 Å². The van der Waals surface area contributed by atoms with Crippen LogP contribution in [-0.2, 0) is 10.0 Å². The Hall–Kier alpha value is -2.59. The third kappa shape index (κ3) is 3.12. The highest BCUT2D eigenvalue weighted by molar-refractivity contribution is 7.92. The van der Waals surface area contributed by atoms with Crippen LogP contribution in [0.4, 0.5) is 15.8 Å². The lowest BCUT2D eigenvalue weighted by molar-refractivity contribution is 0.598. The molecule has 0 aromatic heterocycles. The van der Waals surface area contributed by atoms with Gasteiger partial charge in [0.25, 0.3) is 10.0 Å². The minimum Gasteiger partial charge on any atom is -0.399 e. The molecule has 0 atom stereocenters. The zero-order chi connectivity index (χ0) is 15.6. The Kier molecular flexibility index (Phi) is 3.82. The summed E-state index contributed by atoms with van der Waals surface area (Å²) in [6.07, 6.45) is 0. The number of anilines is 2. The van der Waals surface area contributed by atoms with Crippen molar-refractivity contribution in [2.45, 2.75) is 11.8 Å². The zero-order valence-corrected chi connectivity index (χ0v) is 11.9. The van der Waals surface area contributed by atoms with Gasteiger partial charge < -0.3 is 5.73 Å². The molecule has 0 bridgehead atoms. The lowest BCUT2D eigenvalue weighted by Crippen LogP contribution is -2.15. The van der Waals surface area contributed by atoms with E-state index in [2.05, 4.69) is 4.72 Å². The van der Waals surface area contributed by atoms with Gasteiger partial charge in [0.2, 0.25) is 0 Å². The van der Waals surface area contributed by atoms with Crippen LogP contribution in [0.5, 0.6) is 0 Å². The van der Waals surface area contributed by atoms with Crippen molar-refractivity contribution >= 4 is 21.4 Å². The number of nitrogen functional groups attached to an aromatic ring is 1. The molecule has 0 saturated carbocycles. The van der Waals surface area contributed by atoms with Crippen LogP contribution >= 0.6 is 0 Å². The monoisotopic (exact) mass is 305 g/mol. The van der Waals surface area contributed by atoms with E-state index < -0.39 is 15.8 Å². The van der Waals surface area contributed by atoms with E-state index in [1.807, 2.05) is 0 Å². The first-order chi connectivity index (χ1) is 9.83. The number of hydrogen-bond acceptors (Lipinski definition) is 4. The molecule has 3 N–H and O–H groups in total. The summed E-state index contributed by atoms with van der Waals surface area (Å²) in [5, 5.41) is 8.66. The Balaban J connectivity index is 2.40. The van der Waals surface area contributed by atoms with E-state index in [9.17, 15) is 12.8 Å². The summed E-state index contributed by atoms with van der Waals surface area (Å²) >= 11 is 0. The number of nitriles is 1. The van der Waals surface area contributed by atoms with Crippen LogP contribution in [0.25, 0.3) is 0 Å². The van der Waals surface area contributed by atoms with E-state index >= 15 is 0 Å². The van der Waals surface area contributed by atoms with E-state index in [0.29, 0.717) is 11.3 Å². The van der Waals surface area contributed by atoms with Gasteiger partial charge >= 0.3 is 0 Å². The molecular formula is C14H12FN3O2S. The third-order valence-corrected chi connectivity index (χ3v) is 4.36. The highest BCUT2D eigenvalue weighted by Gasteiger charge is 2.18. The molecule has 2 aromatic carbocycles. The molecule has 0 unspecified atom stereocenters. The molecule has 0 aliphatic heterocycles. The largest absolute Gasteiger partial charge is 0.399 e. The molecule has 5 nitrogen and oxygen atoms in total. The average Bonchev–Trinajstić information content (AvgIpc) is 2.40. The lowest BCUT2D eigenvalue weighted by Gasteiger charge is -2.11. The SMILES string of the molecule is Cc1cc(N)ccc1S(=O)(=O)Nc1ccc(C#N)cc1F. The summed E-state index contributed by atoms with van der Waals surface area (Å²) in [5.74, 6) is -0.814. The highest BCUT2D eigenvalue weighted by Crippen LogP contribution is 2.23. The van der Waals surface area contributed by atoms with E-state index in [0.717, 1.165) is 6.07 Å². The number of nitrogens with zero attached hydrogens (tertiary/aromatic N) is 1. The molecule has 0 aliphatic carbocycles. The van der Waals surface area contributed by atoms with Crippen LogP contribution in [0.1, 0.15) is 11.1 Å². The summed E-state index contributed by atoms with van der Waals surface area (Å²) in [7, 11) is -3.93. The Morgan fingerprint density at radius 1 is 1.24 bits per heavy atom. The fourth-order valence-electron chi connectivity index (χ4n) is 1.84. The molecule has 2 rings (SSSR count). The molecule has 0 radical (unpaired) electrons. The first kappa shape index (κ1) is 14.8. The van der Waals surface area contributed by atoms with Crippen molar-refractivity contribution in [1.29, 1.82) is 5.26 Å². The molecule has 0 spiro atoms. The third-order valence-electron chi connectivity index (χ3n) is 2.83. The van der Waals surface area contributed by atoms with E-state index in [1.54, 1.807) is 13.0 Å². The molecule has 0 fully saturated rings. The number of sulfonamides is 1. The van der Waals surface area contributed by atoms with Gasteiger partial charge in [-0.25, -0.2) is 12.8 Å². The molecule has 108 valence electrons. The van der Waals surface area contributed by atoms with Gasteiger partial charge in [-0.3, -0.25) is 4.72 Å². The maximum atomic E-state index is 13.7. The first-order valence-electron chi connectivity index (χ1n) is 5.92. The lowest BCUT2D eigenvalue weighted by atomic mass is 10.2. The molecule has 7 heteroatoms. The minimum atomic E-state index is -3.93. The highest BCUT2D eigenvalue weighted by atomic mass is 32.2. The molecule has 0 amide bonds. The van der Waals surface area contributed by atoms with Crippen LogP contribution in [0.2, 0.25) is 0 Å². The second-order valence-electron chi connectivity index (χ2n) is 4.44. The first-order valence-corrected chi connectivity index (χ1v) is 7.40. The van der Waals surface area contributed by atoms with Gasteiger partial charge in [-0.05, 0) is 48.9 Å². The number of rotatable bonds is 3. The Labute approximate surface area is 121 Å². The summed E-state index contributed by atoms with van der Waals surface area (Å²) in [5.41, 5.74) is 6.36. The Bertz CT molecular complexity index is 842. The smallest absolute Gasteiger partial charge is 0.262 e. The molecule has 2 aromatic rings. The van der Waals surface area contributed by atoms with Crippen molar-refractivity contribution < 1.29 is 12.8 Å². The predicted molar refractivity (Wildman–Crippen MR) is 77.5 cm³/mol. The Morgan fingerprint density at radius 3 is 2.52 bits per heavy atom. The zero-order valence-electron chi connectivity index (χ0n) is 11.1. The average molecular weight is 305 g/mol.